The molecular formula is C8H20N4O. The van der Waals surface area contributed by atoms with Crippen molar-refractivity contribution < 1.29 is 4.74 Å². The number of hydrogen-bond acceptors (Lipinski definition) is 3. The summed E-state index contributed by atoms with van der Waals surface area (Å²) in [6.45, 7) is 5.39. The van der Waals surface area contributed by atoms with Crippen LogP contribution in [0.4, 0.5) is 0 Å². The van der Waals surface area contributed by atoms with Crippen molar-refractivity contribution in [1.82, 2.24) is 10.7 Å². The van der Waals surface area contributed by atoms with Crippen LogP contribution in [0.2, 0.25) is 0 Å². The van der Waals surface area contributed by atoms with E-state index in [1.54, 1.807) is 7.11 Å². The molecule has 0 saturated carbocycles. The summed E-state index contributed by atoms with van der Waals surface area (Å²) in [6.07, 6.45) is 0.970. The van der Waals surface area contributed by atoms with Gasteiger partial charge in [0.15, 0.2) is 0 Å². The third-order valence-electron chi connectivity index (χ3n) is 1.65. The molecule has 5 heteroatoms. The van der Waals surface area contributed by atoms with Crippen molar-refractivity contribution in [2.24, 2.45) is 10.8 Å². The number of methoxy groups -OCH3 is 1. The highest BCUT2D eigenvalue weighted by atomic mass is 16.5. The first-order valence-electron chi connectivity index (χ1n) is 4.54. The molecule has 0 aliphatic heterocycles. The van der Waals surface area contributed by atoms with Gasteiger partial charge in [-0.05, 0) is 13.3 Å². The average Bonchev–Trinajstić information content (AvgIpc) is 2.16. The number of guanidine groups is 1. The van der Waals surface area contributed by atoms with Crippen molar-refractivity contribution in [1.29, 1.82) is 0 Å². The van der Waals surface area contributed by atoms with E-state index in [1.165, 1.54) is 0 Å². The van der Waals surface area contributed by atoms with E-state index in [1.807, 2.05) is 6.92 Å². The van der Waals surface area contributed by atoms with Crippen LogP contribution in [0.25, 0.3) is 0 Å². The van der Waals surface area contributed by atoms with Crippen molar-refractivity contribution >= 4 is 5.96 Å². The van der Waals surface area contributed by atoms with E-state index in [2.05, 4.69) is 22.7 Å². The molecule has 0 aromatic carbocycles. The second kappa shape index (κ2) is 7.82. The van der Waals surface area contributed by atoms with Gasteiger partial charge in [-0.3, -0.25) is 10.4 Å². The summed E-state index contributed by atoms with van der Waals surface area (Å²) in [4.78, 5) is 4.13. The second-order valence-corrected chi connectivity index (χ2v) is 2.67. The summed E-state index contributed by atoms with van der Waals surface area (Å²) < 4.78 is 5.03. The predicted molar refractivity (Wildman–Crippen MR) is 54.4 cm³/mol. The molecule has 1 unspecified atom stereocenters. The van der Waals surface area contributed by atoms with E-state index in [4.69, 9.17) is 10.6 Å². The molecule has 13 heavy (non-hydrogen) atoms. The summed E-state index contributed by atoms with van der Waals surface area (Å²) in [5.74, 6) is 5.89. The number of nitrogens with two attached hydrogens (primary N) is 1. The van der Waals surface area contributed by atoms with Crippen LogP contribution >= 0.6 is 0 Å². The van der Waals surface area contributed by atoms with Crippen LogP contribution < -0.4 is 16.6 Å². The maximum absolute atomic E-state index is 5.27. The van der Waals surface area contributed by atoms with Gasteiger partial charge in [-0.2, -0.15) is 0 Å². The molecule has 1 atom stereocenters. The zero-order chi connectivity index (χ0) is 10.1. The molecule has 4 N–H and O–H groups in total. The quantitative estimate of drug-likeness (QED) is 0.243. The van der Waals surface area contributed by atoms with Crippen LogP contribution in [0.1, 0.15) is 20.3 Å². The fourth-order valence-corrected chi connectivity index (χ4v) is 0.947. The minimum Gasteiger partial charge on any atom is -0.383 e. The molecule has 0 heterocycles. The summed E-state index contributed by atoms with van der Waals surface area (Å²) in [6, 6.07) is 0.256. The van der Waals surface area contributed by atoms with E-state index < -0.39 is 0 Å². The number of nitrogens with zero attached hydrogens (tertiary/aromatic N) is 1. The van der Waals surface area contributed by atoms with Crippen LogP contribution in [-0.2, 0) is 4.74 Å². The number of nitrogens with one attached hydrogen (secondary N) is 2. The molecule has 78 valence electrons. The Balaban J connectivity index is 3.95. The first-order chi connectivity index (χ1) is 6.28. The van der Waals surface area contributed by atoms with Gasteiger partial charge in [0.2, 0.25) is 5.96 Å². The molecule has 0 aromatic heterocycles. The number of hydrogen-bond donors (Lipinski definition) is 3. The van der Waals surface area contributed by atoms with Gasteiger partial charge in [0.25, 0.3) is 0 Å². The van der Waals surface area contributed by atoms with Gasteiger partial charge in [-0.15, -0.1) is 0 Å². The van der Waals surface area contributed by atoms with Gasteiger partial charge in [0.05, 0.1) is 12.6 Å². The summed E-state index contributed by atoms with van der Waals surface area (Å²) in [5.41, 5.74) is 2.51. The second-order valence-electron chi connectivity index (χ2n) is 2.67. The first-order valence-corrected chi connectivity index (χ1v) is 4.54. The van der Waals surface area contributed by atoms with Crippen LogP contribution in [-0.4, -0.2) is 32.3 Å². The SMILES string of the molecule is CCN=C(NN)NC(CC)COC. The van der Waals surface area contributed by atoms with Crippen molar-refractivity contribution in [3.8, 4) is 0 Å². The Kier molecular flexibility index (Phi) is 7.33. The first kappa shape index (κ1) is 12.2. The van der Waals surface area contributed by atoms with Crippen LogP contribution in [0.5, 0.6) is 0 Å². The Bertz CT molecular complexity index is 149. The van der Waals surface area contributed by atoms with E-state index in [0.717, 1.165) is 6.42 Å². The molecule has 0 amide bonds. The fraction of sp³-hybridized carbons (Fsp3) is 0.875. The van der Waals surface area contributed by atoms with Crippen LogP contribution in [0, 0.1) is 0 Å². The molecule has 0 spiro atoms. The van der Waals surface area contributed by atoms with Gasteiger partial charge in [-0.25, -0.2) is 5.84 Å². The van der Waals surface area contributed by atoms with Gasteiger partial charge in [0.1, 0.15) is 0 Å². The van der Waals surface area contributed by atoms with Crippen LogP contribution in [0.3, 0.4) is 0 Å². The Hall–Kier alpha value is -0.810. The standard InChI is InChI=1S/C8H20N4O/c1-4-7(6-13-3)11-8(12-9)10-5-2/h7H,4-6,9H2,1-3H3,(H2,10,11,12). The zero-order valence-electron chi connectivity index (χ0n) is 8.63. The fourth-order valence-electron chi connectivity index (χ4n) is 0.947. The van der Waals surface area contributed by atoms with Gasteiger partial charge in [-0.1, -0.05) is 6.92 Å². The molecule has 0 aliphatic rings. The zero-order valence-corrected chi connectivity index (χ0v) is 8.63. The highest BCUT2D eigenvalue weighted by Crippen LogP contribution is 1.90. The van der Waals surface area contributed by atoms with Crippen molar-refractivity contribution in [2.45, 2.75) is 26.3 Å². The van der Waals surface area contributed by atoms with Gasteiger partial charge in [0, 0.05) is 13.7 Å². The summed E-state index contributed by atoms with van der Waals surface area (Å²) >= 11 is 0. The Morgan fingerprint density at radius 3 is 2.62 bits per heavy atom. The van der Waals surface area contributed by atoms with Crippen LogP contribution in [0.15, 0.2) is 4.99 Å². The lowest BCUT2D eigenvalue weighted by atomic mass is 10.2. The topological polar surface area (TPSA) is 71.7 Å². The Morgan fingerprint density at radius 2 is 2.23 bits per heavy atom. The van der Waals surface area contributed by atoms with E-state index in [-0.39, 0.29) is 6.04 Å². The lowest BCUT2D eigenvalue weighted by Gasteiger charge is -2.17. The monoisotopic (exact) mass is 188 g/mol. The minimum absolute atomic E-state index is 0.256. The normalized spacial score (nSPS) is 14.0. The van der Waals surface area contributed by atoms with E-state index in [0.29, 0.717) is 19.1 Å². The highest BCUT2D eigenvalue weighted by molar-refractivity contribution is 5.79. The molecule has 0 fully saturated rings. The van der Waals surface area contributed by atoms with Crippen molar-refractivity contribution in [2.75, 3.05) is 20.3 Å². The Labute approximate surface area is 79.7 Å². The third-order valence-corrected chi connectivity index (χ3v) is 1.65. The largest absolute Gasteiger partial charge is 0.383 e. The number of aliphatic imine (C=N–C) groups is 1. The molecule has 0 radical (unpaired) electrons. The molecule has 0 aromatic rings. The van der Waals surface area contributed by atoms with Crippen molar-refractivity contribution in [3.05, 3.63) is 0 Å². The number of rotatable bonds is 5. The highest BCUT2D eigenvalue weighted by Gasteiger charge is 2.06. The van der Waals surface area contributed by atoms with E-state index in [9.17, 15) is 0 Å². The molecule has 0 aliphatic carbocycles. The van der Waals surface area contributed by atoms with Crippen molar-refractivity contribution in [3.63, 3.8) is 0 Å². The lowest BCUT2D eigenvalue weighted by molar-refractivity contribution is 0.171. The number of hydrazine groups is 1. The lowest BCUT2D eigenvalue weighted by Crippen LogP contribution is -2.47. The molecule has 0 bridgehead atoms. The van der Waals surface area contributed by atoms with E-state index >= 15 is 0 Å². The smallest absolute Gasteiger partial charge is 0.206 e. The Morgan fingerprint density at radius 1 is 1.54 bits per heavy atom. The molecule has 0 rings (SSSR count). The maximum atomic E-state index is 5.27. The molecular weight excluding hydrogens is 168 g/mol. The third kappa shape index (κ3) is 5.43. The van der Waals surface area contributed by atoms with Gasteiger partial charge < -0.3 is 10.1 Å². The number of ether oxygens (including phenoxy) is 1. The van der Waals surface area contributed by atoms with Gasteiger partial charge >= 0.3 is 0 Å². The maximum Gasteiger partial charge on any atom is 0.206 e. The predicted octanol–water partition coefficient (Wildman–Crippen LogP) is -0.160. The molecule has 0 saturated heterocycles. The minimum atomic E-state index is 0.256. The summed E-state index contributed by atoms with van der Waals surface area (Å²) in [7, 11) is 1.68. The molecule has 5 nitrogen and oxygen atoms in total. The average molecular weight is 188 g/mol. The summed E-state index contributed by atoms with van der Waals surface area (Å²) in [5, 5.41) is 3.14.